The van der Waals surface area contributed by atoms with E-state index in [1.54, 1.807) is 22.8 Å². The van der Waals surface area contributed by atoms with E-state index in [2.05, 4.69) is 90.7 Å². The molecule has 2 atom stereocenters. The second-order valence-electron chi connectivity index (χ2n) is 22.6. The first-order chi connectivity index (χ1) is 34.3. The van der Waals surface area contributed by atoms with Gasteiger partial charge in [0.25, 0.3) is 0 Å². The molecule has 3 aromatic carbocycles. The van der Waals surface area contributed by atoms with Crippen LogP contribution in [-0.4, -0.2) is 41.4 Å². The van der Waals surface area contributed by atoms with Crippen LogP contribution in [0.2, 0.25) is 0 Å². The van der Waals surface area contributed by atoms with E-state index >= 15 is 0 Å². The van der Waals surface area contributed by atoms with Gasteiger partial charge >= 0.3 is 22.5 Å². The number of H-pyrrole nitrogens is 1. The Labute approximate surface area is 438 Å². The Morgan fingerprint density at radius 3 is 1.28 bits per heavy atom. The molecule has 5 rings (SSSR count). The Balaban J connectivity index is 1.31. The second-order valence-corrected chi connectivity index (χ2v) is 24.3. The van der Waals surface area contributed by atoms with Crippen LogP contribution in [0.25, 0.3) is 17.0 Å². The van der Waals surface area contributed by atoms with E-state index in [0.717, 1.165) is 42.5 Å². The summed E-state index contributed by atoms with van der Waals surface area (Å²) in [6.45, 7) is 24.7. The lowest BCUT2D eigenvalue weighted by Gasteiger charge is -2.21. The van der Waals surface area contributed by atoms with Crippen molar-refractivity contribution < 1.29 is 26.3 Å². The normalized spacial score (nSPS) is 13.0. The molecular formula is C58H90N6O6S2. The van der Waals surface area contributed by atoms with Gasteiger partial charge in [-0.1, -0.05) is 204 Å². The molecule has 0 aliphatic rings. The van der Waals surface area contributed by atoms with Gasteiger partial charge < -0.3 is 17.8 Å². The lowest BCUT2D eigenvalue weighted by Crippen LogP contribution is -2.16. The molecule has 2 unspecified atom stereocenters. The predicted molar refractivity (Wildman–Crippen MR) is 301 cm³/mol. The largest absolute Gasteiger partial charge is 0.490 e. The number of fused-ring (bicyclic) bond motifs is 1. The third-order valence-corrected chi connectivity index (χ3v) is 14.5. The quantitative estimate of drug-likeness (QED) is 0.0353. The number of nitrogens with zero attached hydrogens (tertiary/aromatic N) is 3. The third-order valence-electron chi connectivity index (χ3n) is 13.0. The fourth-order valence-electron chi connectivity index (χ4n) is 8.41. The van der Waals surface area contributed by atoms with Gasteiger partial charge in [-0.05, 0) is 77.3 Å². The number of hydrogen-bond donors (Lipinski definition) is 3. The minimum atomic E-state index is -2.08. The highest BCUT2D eigenvalue weighted by Crippen LogP contribution is 2.37. The first-order valence-corrected chi connectivity index (χ1v) is 29.4. The minimum Gasteiger partial charge on any atom is -0.490 e. The van der Waals surface area contributed by atoms with Gasteiger partial charge in [-0.3, -0.25) is 14.5 Å². The molecule has 5 aromatic rings. The van der Waals surface area contributed by atoms with E-state index in [1.165, 1.54) is 103 Å². The fourth-order valence-corrected chi connectivity index (χ4v) is 9.71. The van der Waals surface area contributed by atoms with Crippen molar-refractivity contribution in [2.24, 2.45) is 0 Å². The van der Waals surface area contributed by atoms with E-state index in [0.29, 0.717) is 64.6 Å². The molecule has 400 valence electrons. The number of aromatic nitrogens is 4. The summed E-state index contributed by atoms with van der Waals surface area (Å²) in [7, 11) is 0. The summed E-state index contributed by atoms with van der Waals surface area (Å²) in [6, 6.07) is 19.0. The van der Waals surface area contributed by atoms with Crippen LogP contribution in [0.15, 0.2) is 60.7 Å². The summed E-state index contributed by atoms with van der Waals surface area (Å²) in [4.78, 5) is 4.84. The summed E-state index contributed by atoms with van der Waals surface area (Å²) in [5, 5.41) is 8.11. The molecule has 0 amide bonds. The average Bonchev–Trinajstić information content (AvgIpc) is 3.91. The highest BCUT2D eigenvalue weighted by atomic mass is 32.2. The predicted octanol–water partition coefficient (Wildman–Crippen LogP) is 16.4. The van der Waals surface area contributed by atoms with Crippen molar-refractivity contribution in [3.8, 4) is 34.4 Å². The molecule has 0 spiro atoms. The van der Waals surface area contributed by atoms with Gasteiger partial charge in [0.1, 0.15) is 0 Å². The van der Waals surface area contributed by atoms with Crippen LogP contribution >= 0.6 is 0 Å². The Hall–Kier alpha value is -4.56. The van der Waals surface area contributed by atoms with Crippen LogP contribution in [-0.2, 0) is 38.8 Å². The molecule has 0 bridgehead atoms. The first kappa shape index (κ1) is 58.3. The topological polar surface area (TPSA) is 141 Å². The van der Waals surface area contributed by atoms with E-state index in [9.17, 15) is 8.42 Å². The van der Waals surface area contributed by atoms with E-state index in [-0.39, 0.29) is 16.2 Å². The molecule has 0 fully saturated rings. The Morgan fingerprint density at radius 1 is 0.500 bits per heavy atom. The van der Waals surface area contributed by atoms with Gasteiger partial charge in [0.2, 0.25) is 0 Å². The molecule has 14 heteroatoms. The Kier molecular flexibility index (Phi) is 23.3. The molecule has 2 heterocycles. The van der Waals surface area contributed by atoms with Crippen molar-refractivity contribution in [2.45, 2.75) is 221 Å². The van der Waals surface area contributed by atoms with Crippen molar-refractivity contribution in [3.05, 3.63) is 77.5 Å². The van der Waals surface area contributed by atoms with Gasteiger partial charge in [-0.2, -0.15) is 13.0 Å². The highest BCUT2D eigenvalue weighted by Gasteiger charge is 2.23. The van der Waals surface area contributed by atoms with E-state index in [4.69, 9.17) is 27.9 Å². The number of rotatable bonds is 33. The van der Waals surface area contributed by atoms with Gasteiger partial charge in [-0.15, -0.1) is 5.10 Å². The molecule has 12 nitrogen and oxygen atoms in total. The summed E-state index contributed by atoms with van der Waals surface area (Å²) in [5.74, 6) is 2.24. The van der Waals surface area contributed by atoms with Crippen molar-refractivity contribution in [1.82, 2.24) is 19.8 Å². The number of aromatic amines is 1. The van der Waals surface area contributed by atoms with Gasteiger partial charge in [0, 0.05) is 22.7 Å². The molecule has 0 aliphatic heterocycles. The van der Waals surface area contributed by atoms with Crippen molar-refractivity contribution in [3.63, 3.8) is 0 Å². The maximum Gasteiger partial charge on any atom is 0.316 e. The van der Waals surface area contributed by atoms with Crippen LogP contribution in [0.4, 0.5) is 11.4 Å². The maximum atomic E-state index is 14.0. The van der Waals surface area contributed by atoms with Crippen LogP contribution in [0.3, 0.4) is 0 Å². The number of unbranched alkanes of at least 4 members (excludes halogenated alkanes) is 18. The maximum absolute atomic E-state index is 14.0. The van der Waals surface area contributed by atoms with Crippen LogP contribution in [0, 0.1) is 0 Å². The smallest absolute Gasteiger partial charge is 0.316 e. The average molecular weight is 1030 g/mol. The molecule has 72 heavy (non-hydrogen) atoms. The monoisotopic (exact) mass is 1030 g/mol. The van der Waals surface area contributed by atoms with Crippen LogP contribution in [0.1, 0.15) is 221 Å². The lowest BCUT2D eigenvalue weighted by atomic mass is 9.87. The van der Waals surface area contributed by atoms with Gasteiger partial charge in [0.05, 0.1) is 24.6 Å². The summed E-state index contributed by atoms with van der Waals surface area (Å²) < 4.78 is 60.7. The molecule has 0 saturated carbocycles. The zero-order valence-electron chi connectivity index (χ0n) is 45.9. The summed E-state index contributed by atoms with van der Waals surface area (Å²) in [6.07, 6.45) is 24.7. The minimum absolute atomic E-state index is 0.133. The van der Waals surface area contributed by atoms with Crippen molar-refractivity contribution in [1.29, 1.82) is 0 Å². The SMILES string of the molecule is CCCCCCCCCCCCOc1ccc(C(C)(C)C)cc1OS(=O)Nc1cc(NS(=O)Oc2cc(C(C)(C)C)ccc2OCCCCCCCCCCCC)cc(-c2nc3cc(C(C)(C)C)[nH]n3n2)c1. The molecular weight excluding hydrogens is 941 g/mol. The number of benzene rings is 3. The third kappa shape index (κ3) is 19.7. The van der Waals surface area contributed by atoms with E-state index < -0.39 is 22.5 Å². The lowest BCUT2D eigenvalue weighted by molar-refractivity contribution is 0.296. The van der Waals surface area contributed by atoms with E-state index in [1.807, 2.05) is 42.5 Å². The fraction of sp³-hybridized carbons (Fsp3) is 0.621. The second kappa shape index (κ2) is 28.8. The van der Waals surface area contributed by atoms with Crippen LogP contribution < -0.4 is 27.3 Å². The zero-order chi connectivity index (χ0) is 52.2. The molecule has 0 radical (unpaired) electrons. The number of hydrogen-bond acceptors (Lipinski definition) is 8. The summed E-state index contributed by atoms with van der Waals surface area (Å²) >= 11 is -4.16. The number of nitrogens with one attached hydrogen (secondary N) is 3. The standard InChI is InChI=1S/C58H90N6O6S2/c1-12-14-16-18-20-22-24-26-28-30-36-67-49-34-32-45(56(3,4)5)40-51(49)69-71(65)62-47-38-44(55-59-54-43-53(58(9,10)11)60-64(54)61-55)39-48(42-47)63-72(66)70-52-41-46(57(6,7)8)33-35-50(52)68-37-31-29-27-25-23-21-19-17-15-13-2/h32-35,38-43,60,62-63H,12-31,36-37H2,1-11H3. The number of ether oxygens (including phenoxy) is 2. The zero-order valence-corrected chi connectivity index (χ0v) is 47.6. The molecule has 3 N–H and O–H groups in total. The summed E-state index contributed by atoms with van der Waals surface area (Å²) in [5.41, 5.74) is 4.59. The Bertz CT molecular complexity index is 2290. The number of anilines is 2. The van der Waals surface area contributed by atoms with Crippen molar-refractivity contribution >= 4 is 39.6 Å². The molecule has 2 aromatic heterocycles. The molecule has 0 aliphatic carbocycles. The van der Waals surface area contributed by atoms with Gasteiger partial charge in [0.15, 0.2) is 34.5 Å². The van der Waals surface area contributed by atoms with Crippen molar-refractivity contribution in [2.75, 3.05) is 22.7 Å². The highest BCUT2D eigenvalue weighted by molar-refractivity contribution is 7.82. The van der Waals surface area contributed by atoms with Crippen LogP contribution in [0.5, 0.6) is 23.0 Å². The Morgan fingerprint density at radius 2 is 0.903 bits per heavy atom. The molecule has 0 saturated heterocycles. The van der Waals surface area contributed by atoms with Gasteiger partial charge in [-0.25, -0.2) is 4.98 Å². The first-order valence-electron chi connectivity index (χ1n) is 27.2.